The van der Waals surface area contributed by atoms with Gasteiger partial charge in [-0.1, -0.05) is 77.2 Å². The van der Waals surface area contributed by atoms with Crippen LogP contribution in [0.1, 0.15) is 90.9 Å². The molecule has 0 aliphatic heterocycles. The first kappa shape index (κ1) is 20.9. The molecule has 0 aromatic carbocycles. The third-order valence-corrected chi connectivity index (χ3v) is 3.70. The molecule has 0 unspecified atom stereocenters. The van der Waals surface area contributed by atoms with E-state index in [2.05, 4.69) is 11.7 Å². The van der Waals surface area contributed by atoms with Gasteiger partial charge in [-0.15, -0.1) is 0 Å². The molecule has 0 saturated carbocycles. The molecule has 0 rings (SSSR count). The summed E-state index contributed by atoms with van der Waals surface area (Å²) in [7, 11) is 0. The van der Waals surface area contributed by atoms with Crippen LogP contribution in [0.5, 0.6) is 0 Å². The molecule has 0 heterocycles. The van der Waals surface area contributed by atoms with Crippen LogP contribution in [0.4, 0.5) is 0 Å². The minimum absolute atomic E-state index is 0.135. The summed E-state index contributed by atoms with van der Waals surface area (Å²) >= 11 is 0. The Morgan fingerprint density at radius 2 is 1.32 bits per heavy atom. The number of hydrogen-bond donors (Lipinski definition) is 0. The Morgan fingerprint density at radius 3 is 1.82 bits per heavy atom. The molecule has 3 heteroatoms. The Balaban J connectivity index is 3.22. The fraction of sp³-hybridized carbons (Fsp3) is 0.789. The third-order valence-electron chi connectivity index (χ3n) is 3.70. The van der Waals surface area contributed by atoms with Gasteiger partial charge in [0.15, 0.2) is 12.4 Å². The van der Waals surface area contributed by atoms with E-state index in [1.54, 1.807) is 0 Å². The summed E-state index contributed by atoms with van der Waals surface area (Å²) in [5.41, 5.74) is 0. The smallest absolute Gasteiger partial charge is 0.303 e. The number of hydrogen-bond acceptors (Lipinski definition) is 3. The molecule has 0 aromatic rings. The third kappa shape index (κ3) is 16.9. The topological polar surface area (TPSA) is 43.4 Å². The zero-order valence-electron chi connectivity index (χ0n) is 14.6. The van der Waals surface area contributed by atoms with Gasteiger partial charge < -0.3 is 4.74 Å². The highest BCUT2D eigenvalue weighted by atomic mass is 16.5. The quantitative estimate of drug-likeness (QED) is 0.232. The van der Waals surface area contributed by atoms with E-state index in [9.17, 15) is 9.59 Å². The molecule has 0 spiro atoms. The summed E-state index contributed by atoms with van der Waals surface area (Å²) < 4.78 is 4.63. The van der Waals surface area contributed by atoms with Crippen molar-refractivity contribution in [3.8, 4) is 0 Å². The summed E-state index contributed by atoms with van der Waals surface area (Å²) in [6.45, 7) is 3.43. The van der Waals surface area contributed by atoms with Crippen molar-refractivity contribution < 1.29 is 14.3 Å². The lowest BCUT2D eigenvalue weighted by molar-refractivity contribution is -0.144. The molecule has 0 amide bonds. The van der Waals surface area contributed by atoms with Crippen molar-refractivity contribution in [2.24, 2.45) is 0 Å². The van der Waals surface area contributed by atoms with Gasteiger partial charge in [-0.05, 0) is 18.9 Å². The molecule has 0 aliphatic carbocycles. The van der Waals surface area contributed by atoms with E-state index in [1.165, 1.54) is 77.2 Å². The predicted octanol–water partition coefficient (Wildman–Crippen LogP) is 5.38. The van der Waals surface area contributed by atoms with Crippen molar-refractivity contribution >= 4 is 11.8 Å². The van der Waals surface area contributed by atoms with Gasteiger partial charge in [0.05, 0.1) is 0 Å². The molecule has 0 bridgehead atoms. The highest BCUT2D eigenvalue weighted by Crippen LogP contribution is 2.11. The minimum atomic E-state index is -0.410. The van der Waals surface area contributed by atoms with Crippen LogP contribution in [-0.2, 0) is 14.3 Å². The second-order valence-electron chi connectivity index (χ2n) is 5.97. The standard InChI is InChI=1S/C19H34O3/c1-3-4-5-6-7-8-9-10-11-12-13-14-15-16-19(21)17-22-18(2)20/h15-16H,3-14,17H2,1-2H3/b16-15+. The number of ketones is 1. The van der Waals surface area contributed by atoms with Crippen LogP contribution < -0.4 is 0 Å². The van der Waals surface area contributed by atoms with E-state index in [0.29, 0.717) is 0 Å². The van der Waals surface area contributed by atoms with Crippen molar-refractivity contribution in [3.63, 3.8) is 0 Å². The fourth-order valence-electron chi connectivity index (χ4n) is 2.36. The second kappa shape index (κ2) is 16.3. The van der Waals surface area contributed by atoms with Crippen molar-refractivity contribution in [1.29, 1.82) is 0 Å². The number of allylic oxidation sites excluding steroid dienone is 1. The first-order valence-electron chi connectivity index (χ1n) is 8.99. The molecule has 0 saturated heterocycles. The first-order chi connectivity index (χ1) is 10.7. The van der Waals surface area contributed by atoms with Crippen LogP contribution in [0.3, 0.4) is 0 Å². The van der Waals surface area contributed by atoms with E-state index in [0.717, 1.165) is 12.8 Å². The normalized spacial score (nSPS) is 11.0. The molecule has 0 aromatic heterocycles. The highest BCUT2D eigenvalue weighted by Gasteiger charge is 1.98. The molecule has 0 fully saturated rings. The summed E-state index contributed by atoms with van der Waals surface area (Å²) in [5, 5.41) is 0. The number of carbonyl (C=O) groups is 2. The van der Waals surface area contributed by atoms with E-state index in [4.69, 9.17) is 0 Å². The Morgan fingerprint density at radius 1 is 0.818 bits per heavy atom. The van der Waals surface area contributed by atoms with Crippen LogP contribution in [0.2, 0.25) is 0 Å². The average molecular weight is 310 g/mol. The largest absolute Gasteiger partial charge is 0.457 e. The van der Waals surface area contributed by atoms with Crippen molar-refractivity contribution in [1.82, 2.24) is 0 Å². The molecule has 0 atom stereocenters. The molecule has 0 radical (unpaired) electrons. The lowest BCUT2D eigenvalue weighted by atomic mass is 10.1. The maximum absolute atomic E-state index is 11.3. The number of ether oxygens (including phenoxy) is 1. The zero-order valence-corrected chi connectivity index (χ0v) is 14.6. The Kier molecular flexibility index (Phi) is 15.4. The first-order valence-corrected chi connectivity index (χ1v) is 8.99. The maximum Gasteiger partial charge on any atom is 0.303 e. The molecule has 0 N–H and O–H groups in total. The van der Waals surface area contributed by atoms with Gasteiger partial charge in [-0.2, -0.15) is 0 Å². The monoisotopic (exact) mass is 310 g/mol. The molecular formula is C19H34O3. The van der Waals surface area contributed by atoms with Crippen LogP contribution in [-0.4, -0.2) is 18.4 Å². The maximum atomic E-state index is 11.3. The van der Waals surface area contributed by atoms with Gasteiger partial charge in [-0.3, -0.25) is 9.59 Å². The number of rotatable bonds is 15. The van der Waals surface area contributed by atoms with E-state index < -0.39 is 5.97 Å². The Hall–Kier alpha value is -1.12. The molecule has 128 valence electrons. The summed E-state index contributed by atoms with van der Waals surface area (Å²) in [6.07, 6.45) is 19.0. The summed E-state index contributed by atoms with van der Waals surface area (Å²) in [6, 6.07) is 0. The fourth-order valence-corrected chi connectivity index (χ4v) is 2.36. The van der Waals surface area contributed by atoms with E-state index >= 15 is 0 Å². The van der Waals surface area contributed by atoms with Gasteiger partial charge >= 0.3 is 5.97 Å². The average Bonchev–Trinajstić information content (AvgIpc) is 2.49. The van der Waals surface area contributed by atoms with Crippen molar-refractivity contribution in [2.75, 3.05) is 6.61 Å². The molecule has 0 aliphatic rings. The lowest BCUT2D eigenvalue weighted by Crippen LogP contribution is -2.08. The highest BCUT2D eigenvalue weighted by molar-refractivity contribution is 5.91. The summed E-state index contributed by atoms with van der Waals surface area (Å²) in [5.74, 6) is -0.551. The van der Waals surface area contributed by atoms with E-state index in [1.807, 2.05) is 6.08 Å². The zero-order chi connectivity index (χ0) is 16.5. The number of esters is 1. The summed E-state index contributed by atoms with van der Waals surface area (Å²) in [4.78, 5) is 21.8. The van der Waals surface area contributed by atoms with Crippen LogP contribution in [0, 0.1) is 0 Å². The van der Waals surface area contributed by atoms with Gasteiger partial charge in [0.2, 0.25) is 0 Å². The van der Waals surface area contributed by atoms with Gasteiger partial charge in [0.25, 0.3) is 0 Å². The van der Waals surface area contributed by atoms with Gasteiger partial charge in [0, 0.05) is 6.92 Å². The van der Waals surface area contributed by atoms with Crippen LogP contribution in [0.15, 0.2) is 12.2 Å². The minimum Gasteiger partial charge on any atom is -0.457 e. The van der Waals surface area contributed by atoms with Crippen molar-refractivity contribution in [2.45, 2.75) is 90.9 Å². The van der Waals surface area contributed by atoms with Gasteiger partial charge in [-0.25, -0.2) is 0 Å². The molecule has 22 heavy (non-hydrogen) atoms. The molecular weight excluding hydrogens is 276 g/mol. The Labute approximate surface area is 136 Å². The van der Waals surface area contributed by atoms with Gasteiger partial charge in [0.1, 0.15) is 0 Å². The lowest BCUT2D eigenvalue weighted by Gasteiger charge is -2.01. The van der Waals surface area contributed by atoms with Crippen LogP contribution >= 0.6 is 0 Å². The SMILES string of the molecule is CCCCCCCCCCCCC/C=C/C(=O)COC(C)=O. The number of unbranched alkanes of at least 4 members (excludes halogenated alkanes) is 11. The second-order valence-corrected chi connectivity index (χ2v) is 5.97. The Bertz CT molecular complexity index is 308. The van der Waals surface area contributed by atoms with Crippen molar-refractivity contribution in [3.05, 3.63) is 12.2 Å². The number of carbonyl (C=O) groups excluding carboxylic acids is 2. The van der Waals surface area contributed by atoms with Crippen LogP contribution in [0.25, 0.3) is 0 Å². The predicted molar refractivity (Wildman–Crippen MR) is 91.9 cm³/mol. The van der Waals surface area contributed by atoms with E-state index in [-0.39, 0.29) is 12.4 Å². The molecule has 3 nitrogen and oxygen atoms in total.